The van der Waals surface area contributed by atoms with Gasteiger partial charge in [0.2, 0.25) is 5.82 Å². The third-order valence-electron chi connectivity index (χ3n) is 6.57. The highest BCUT2D eigenvalue weighted by molar-refractivity contribution is 5.91. The molecule has 2 saturated heterocycles. The Balaban J connectivity index is 1.15. The first-order chi connectivity index (χ1) is 16.9. The summed E-state index contributed by atoms with van der Waals surface area (Å²) < 4.78 is 26.2. The minimum atomic E-state index is -0.866. The van der Waals surface area contributed by atoms with E-state index < -0.39 is 23.6 Å². The molecule has 0 radical (unpaired) electrons. The fraction of sp³-hybridized carbons (Fsp3) is 0.391. The number of hydrogen-bond donors (Lipinski definition) is 1. The number of ether oxygens (including phenoxy) is 2. The van der Waals surface area contributed by atoms with Crippen molar-refractivity contribution >= 4 is 17.7 Å². The van der Waals surface area contributed by atoms with Gasteiger partial charge in [-0.05, 0) is 48.9 Å². The molecule has 1 N–H and O–H groups in total. The van der Waals surface area contributed by atoms with Gasteiger partial charge in [-0.3, -0.25) is 14.7 Å². The molecule has 180 valence electrons. The number of carbonyl (C=O) groups excluding carboxylic acids is 2. The number of hydrogen-bond acceptors (Lipinski definition) is 9. The molecule has 11 nitrogen and oxygen atoms in total. The number of anilines is 1. The van der Waals surface area contributed by atoms with Crippen LogP contribution in [0.1, 0.15) is 19.3 Å². The molecule has 1 saturated carbocycles. The summed E-state index contributed by atoms with van der Waals surface area (Å²) in [6, 6.07) is 7.65. The molecule has 2 aromatic heterocycles. The highest BCUT2D eigenvalue weighted by atomic mass is 19.1. The molecule has 3 fully saturated rings. The van der Waals surface area contributed by atoms with Gasteiger partial charge in [-0.25, -0.2) is 9.18 Å². The van der Waals surface area contributed by atoms with Gasteiger partial charge in [0, 0.05) is 23.7 Å². The van der Waals surface area contributed by atoms with E-state index in [9.17, 15) is 9.59 Å². The van der Waals surface area contributed by atoms with Crippen molar-refractivity contribution in [2.24, 2.45) is 7.05 Å². The van der Waals surface area contributed by atoms with Crippen molar-refractivity contribution in [2.75, 3.05) is 18.0 Å². The van der Waals surface area contributed by atoms with E-state index in [2.05, 4.69) is 25.7 Å². The maximum absolute atomic E-state index is 15.1. The molecule has 3 aliphatic rings. The Kier molecular flexibility index (Phi) is 4.99. The van der Waals surface area contributed by atoms with Gasteiger partial charge in [-0.15, -0.1) is 10.2 Å². The SMILES string of the molecule is Cn1nnc(-c2ccc(-c3ccc(N4CC5(C[C@H]5OC(=O)[C@@H]5CCCN5)OC4=O)cc3F)cn2)n1. The minimum absolute atomic E-state index is 0.196. The number of aryl methyl sites for hydroxylation is 1. The van der Waals surface area contributed by atoms with Crippen LogP contribution in [-0.2, 0) is 21.3 Å². The Morgan fingerprint density at radius 3 is 2.89 bits per heavy atom. The maximum atomic E-state index is 15.1. The van der Waals surface area contributed by atoms with Crippen molar-refractivity contribution in [1.82, 2.24) is 30.5 Å². The van der Waals surface area contributed by atoms with Crippen LogP contribution in [0, 0.1) is 5.82 Å². The first-order valence-corrected chi connectivity index (χ1v) is 11.4. The fourth-order valence-corrected chi connectivity index (χ4v) is 4.55. The Morgan fingerprint density at radius 2 is 2.20 bits per heavy atom. The summed E-state index contributed by atoms with van der Waals surface area (Å²) in [5.41, 5.74) is 0.929. The molecule has 3 aromatic rings. The first-order valence-electron chi connectivity index (χ1n) is 11.4. The van der Waals surface area contributed by atoms with Crippen LogP contribution in [0.5, 0.6) is 0 Å². The van der Waals surface area contributed by atoms with Crippen LogP contribution in [0.25, 0.3) is 22.6 Å². The van der Waals surface area contributed by atoms with Crippen molar-refractivity contribution in [3.8, 4) is 22.6 Å². The zero-order chi connectivity index (χ0) is 24.2. The third-order valence-corrected chi connectivity index (χ3v) is 6.57. The van der Waals surface area contributed by atoms with Crippen molar-refractivity contribution in [3.05, 3.63) is 42.3 Å². The maximum Gasteiger partial charge on any atom is 0.415 e. The number of halogens is 1. The number of tetrazole rings is 1. The van der Waals surface area contributed by atoms with Crippen LogP contribution in [0.3, 0.4) is 0 Å². The third kappa shape index (κ3) is 3.89. The second-order valence-electron chi connectivity index (χ2n) is 9.00. The van der Waals surface area contributed by atoms with E-state index in [1.165, 1.54) is 22.0 Å². The van der Waals surface area contributed by atoms with E-state index in [0.29, 0.717) is 34.8 Å². The standard InChI is InChI=1S/C23H22FN7O4/c1-30-28-20(27-29-30)17-7-4-13(11-26-17)15-6-5-14(9-16(15)24)31-12-23(35-22(31)33)10-19(23)34-21(32)18-3-2-8-25-18/h4-7,9,11,18-19,25H,2-3,8,10,12H2,1H3/t18-,19+,23?/m0/s1. The highest BCUT2D eigenvalue weighted by Crippen LogP contribution is 2.48. The predicted octanol–water partition coefficient (Wildman–Crippen LogP) is 1.84. The molecule has 35 heavy (non-hydrogen) atoms. The lowest BCUT2D eigenvalue weighted by molar-refractivity contribution is -0.149. The second kappa shape index (κ2) is 8.08. The van der Waals surface area contributed by atoms with E-state index in [4.69, 9.17) is 9.47 Å². The summed E-state index contributed by atoms with van der Waals surface area (Å²) in [6.07, 6.45) is 2.57. The van der Waals surface area contributed by atoms with E-state index in [1.807, 2.05) is 0 Å². The smallest absolute Gasteiger partial charge is 0.415 e. The largest absolute Gasteiger partial charge is 0.457 e. The number of amides is 1. The molecule has 2 aliphatic heterocycles. The van der Waals surface area contributed by atoms with Crippen LogP contribution in [0.4, 0.5) is 14.9 Å². The number of esters is 1. The van der Waals surface area contributed by atoms with Gasteiger partial charge >= 0.3 is 12.1 Å². The molecule has 6 rings (SSSR count). The number of aromatic nitrogens is 5. The molecular formula is C23H22FN7O4. The average molecular weight is 479 g/mol. The number of carbonyl (C=O) groups is 2. The van der Waals surface area contributed by atoms with Crippen LogP contribution in [0.2, 0.25) is 0 Å². The van der Waals surface area contributed by atoms with Gasteiger partial charge in [0.1, 0.15) is 23.7 Å². The number of benzene rings is 1. The number of rotatable bonds is 5. The van der Waals surface area contributed by atoms with Gasteiger partial charge in [-0.2, -0.15) is 4.80 Å². The summed E-state index contributed by atoms with van der Waals surface area (Å²) in [6.45, 7) is 0.987. The van der Waals surface area contributed by atoms with Crippen LogP contribution >= 0.6 is 0 Å². The number of nitrogens with zero attached hydrogens (tertiary/aromatic N) is 6. The van der Waals surface area contributed by atoms with Crippen molar-refractivity contribution in [3.63, 3.8) is 0 Å². The molecule has 1 aliphatic carbocycles. The molecule has 1 amide bonds. The van der Waals surface area contributed by atoms with Gasteiger partial charge < -0.3 is 14.8 Å². The minimum Gasteiger partial charge on any atom is -0.457 e. The lowest BCUT2D eigenvalue weighted by Crippen LogP contribution is -2.35. The summed E-state index contributed by atoms with van der Waals surface area (Å²) in [7, 11) is 1.66. The summed E-state index contributed by atoms with van der Waals surface area (Å²) in [5, 5.41) is 14.9. The van der Waals surface area contributed by atoms with Crippen molar-refractivity contribution < 1.29 is 23.5 Å². The van der Waals surface area contributed by atoms with Crippen LogP contribution in [0.15, 0.2) is 36.5 Å². The van der Waals surface area contributed by atoms with Crippen molar-refractivity contribution in [1.29, 1.82) is 0 Å². The van der Waals surface area contributed by atoms with E-state index in [0.717, 1.165) is 19.4 Å². The molecule has 1 aromatic carbocycles. The first kappa shape index (κ1) is 21.6. The zero-order valence-corrected chi connectivity index (χ0v) is 18.8. The lowest BCUT2D eigenvalue weighted by atomic mass is 10.1. The topological polar surface area (TPSA) is 124 Å². The van der Waals surface area contributed by atoms with Crippen molar-refractivity contribution in [2.45, 2.75) is 37.0 Å². The summed E-state index contributed by atoms with van der Waals surface area (Å²) in [5.74, 6) is -0.446. The van der Waals surface area contributed by atoms with E-state index >= 15 is 4.39 Å². The predicted molar refractivity (Wildman–Crippen MR) is 120 cm³/mol. The van der Waals surface area contributed by atoms with Gasteiger partial charge in [0.25, 0.3) is 0 Å². The van der Waals surface area contributed by atoms with Crippen LogP contribution in [-0.4, -0.2) is 68.1 Å². The van der Waals surface area contributed by atoms with Gasteiger partial charge in [-0.1, -0.05) is 6.07 Å². The molecule has 0 bridgehead atoms. The molecular weight excluding hydrogens is 457 g/mol. The Morgan fingerprint density at radius 1 is 1.31 bits per heavy atom. The second-order valence-corrected chi connectivity index (χ2v) is 9.00. The highest BCUT2D eigenvalue weighted by Gasteiger charge is 2.66. The fourth-order valence-electron chi connectivity index (χ4n) is 4.55. The van der Waals surface area contributed by atoms with Gasteiger partial charge in [0.05, 0.1) is 19.3 Å². The molecule has 3 atom stereocenters. The van der Waals surface area contributed by atoms with Gasteiger partial charge in [0.15, 0.2) is 5.60 Å². The van der Waals surface area contributed by atoms with E-state index in [1.54, 1.807) is 31.3 Å². The molecule has 4 heterocycles. The number of nitrogens with one attached hydrogen (secondary N) is 1. The number of pyridine rings is 1. The molecule has 12 heteroatoms. The quantitative estimate of drug-likeness (QED) is 0.546. The average Bonchev–Trinajstić information content (AvgIpc) is 3.30. The lowest BCUT2D eigenvalue weighted by Gasteiger charge is -2.15. The zero-order valence-electron chi connectivity index (χ0n) is 18.8. The summed E-state index contributed by atoms with van der Waals surface area (Å²) in [4.78, 5) is 31.8. The Hall–Kier alpha value is -3.93. The Bertz CT molecular complexity index is 1310. The van der Waals surface area contributed by atoms with E-state index in [-0.39, 0.29) is 18.6 Å². The van der Waals surface area contributed by atoms with Crippen LogP contribution < -0.4 is 10.2 Å². The Labute approximate surface area is 199 Å². The summed E-state index contributed by atoms with van der Waals surface area (Å²) >= 11 is 0. The normalized spacial score (nSPS) is 25.2. The molecule has 1 spiro atoms. The molecule has 1 unspecified atom stereocenters. The monoisotopic (exact) mass is 479 g/mol.